The van der Waals surface area contributed by atoms with Crippen LogP contribution in [0.15, 0.2) is 60.4 Å². The van der Waals surface area contributed by atoms with Crippen molar-refractivity contribution in [2.45, 2.75) is 45.6 Å². The quantitative estimate of drug-likeness (QED) is 0.428. The van der Waals surface area contributed by atoms with Gasteiger partial charge < -0.3 is 20.7 Å². The van der Waals surface area contributed by atoms with Gasteiger partial charge in [-0.2, -0.15) is 0 Å². The Balaban J connectivity index is 2.20. The molecule has 3 amide bonds. The molecule has 0 aromatic heterocycles. The molecule has 7 nitrogen and oxygen atoms in total. The molecule has 0 aliphatic carbocycles. The van der Waals surface area contributed by atoms with Gasteiger partial charge in [0.2, 0.25) is 11.8 Å². The summed E-state index contributed by atoms with van der Waals surface area (Å²) in [6, 6.07) is 6.58. The molecule has 7 heteroatoms. The number of carbonyl (C=O) groups excluding carboxylic acids is 3. The molecule has 1 heterocycles. The van der Waals surface area contributed by atoms with E-state index in [0.717, 1.165) is 5.56 Å². The van der Waals surface area contributed by atoms with Crippen molar-refractivity contribution in [2.24, 2.45) is 5.92 Å². The maximum atomic E-state index is 13.1. The number of rotatable bonds is 8. The monoisotopic (exact) mass is 439 g/mol. The van der Waals surface area contributed by atoms with Crippen LogP contribution in [0.25, 0.3) is 0 Å². The minimum Gasteiger partial charge on any atom is -0.497 e. The lowest BCUT2D eigenvalue weighted by atomic mass is 9.87. The molecule has 3 N–H and O–H groups in total. The number of hydrogen-bond donors (Lipinski definition) is 3. The van der Waals surface area contributed by atoms with Crippen LogP contribution in [-0.2, 0) is 24.5 Å². The van der Waals surface area contributed by atoms with Crippen LogP contribution in [0.3, 0.4) is 0 Å². The summed E-state index contributed by atoms with van der Waals surface area (Å²) in [4.78, 5) is 37.2. The maximum Gasteiger partial charge on any atom is 0.251 e. The van der Waals surface area contributed by atoms with Crippen molar-refractivity contribution < 1.29 is 19.1 Å². The molecular weight excluding hydrogens is 406 g/mol. The Hall–Kier alpha value is -3.35. The highest BCUT2D eigenvalue weighted by Crippen LogP contribution is 2.23. The Morgan fingerprint density at radius 1 is 1.22 bits per heavy atom. The van der Waals surface area contributed by atoms with Gasteiger partial charge in [0, 0.05) is 18.7 Å². The molecule has 0 spiro atoms. The fraction of sp³-hybridized carbons (Fsp3) is 0.400. The number of hydrogen-bond acceptors (Lipinski definition) is 4. The number of ether oxygens (including phenoxy) is 1. The van der Waals surface area contributed by atoms with Crippen molar-refractivity contribution in [3.05, 3.63) is 66.0 Å². The summed E-state index contributed by atoms with van der Waals surface area (Å²) in [6.45, 7) is 12.4. The normalized spacial score (nSPS) is 17.6. The van der Waals surface area contributed by atoms with Crippen molar-refractivity contribution in [1.82, 2.24) is 10.6 Å². The molecule has 1 saturated heterocycles. The van der Waals surface area contributed by atoms with Crippen molar-refractivity contribution in [1.29, 1.82) is 0 Å². The second kappa shape index (κ2) is 10.8. The summed E-state index contributed by atoms with van der Waals surface area (Å²) < 4.78 is 5.20. The molecule has 1 aromatic carbocycles. The Kier molecular flexibility index (Phi) is 8.41. The van der Waals surface area contributed by atoms with E-state index >= 15 is 0 Å². The summed E-state index contributed by atoms with van der Waals surface area (Å²) in [7, 11) is 1.54. The van der Waals surface area contributed by atoms with Crippen LogP contribution < -0.4 is 16.0 Å². The van der Waals surface area contributed by atoms with Crippen LogP contribution in [0.2, 0.25) is 0 Å². The topological polar surface area (TPSA) is 96.5 Å². The van der Waals surface area contributed by atoms with Gasteiger partial charge in [-0.1, -0.05) is 45.6 Å². The second-order valence-corrected chi connectivity index (χ2v) is 8.77. The first kappa shape index (κ1) is 24.9. The fourth-order valence-corrected chi connectivity index (χ4v) is 3.21. The summed E-state index contributed by atoms with van der Waals surface area (Å²) >= 11 is 0. The standard InChI is InChI=1S/C25H33N3O4/c1-7-20(32-6)13-8-16(2)22(28-23(30)17-14-21(29)26-15-17)24(31)27-19-11-9-18(10-12-19)25(3,4)5/h7-13,17,22H,2,14-15H2,1,3-6H3,(H,26,29)(H,27,31)(H,28,30)/b13-8-,20-7+/t17-,22+/m0/s1. The number of anilines is 1. The van der Waals surface area contributed by atoms with E-state index in [1.54, 1.807) is 25.3 Å². The van der Waals surface area contributed by atoms with Crippen molar-refractivity contribution in [3.8, 4) is 0 Å². The van der Waals surface area contributed by atoms with Crippen LogP contribution in [-0.4, -0.2) is 37.4 Å². The second-order valence-electron chi connectivity index (χ2n) is 8.77. The lowest BCUT2D eigenvalue weighted by Gasteiger charge is -2.22. The van der Waals surface area contributed by atoms with Gasteiger partial charge in [-0.3, -0.25) is 14.4 Å². The van der Waals surface area contributed by atoms with E-state index in [1.807, 2.05) is 31.2 Å². The first-order chi connectivity index (χ1) is 15.0. The van der Waals surface area contributed by atoms with Crippen molar-refractivity contribution >= 4 is 23.4 Å². The predicted molar refractivity (Wildman–Crippen MR) is 126 cm³/mol. The maximum absolute atomic E-state index is 13.1. The van der Waals surface area contributed by atoms with Gasteiger partial charge in [-0.05, 0) is 47.8 Å². The molecular formula is C25H33N3O4. The van der Waals surface area contributed by atoms with E-state index in [1.165, 1.54) is 0 Å². The van der Waals surface area contributed by atoms with Crippen LogP contribution in [0, 0.1) is 5.92 Å². The SMILES string of the molecule is C=C(/C=C\C(=C/C)OC)[C@@H](NC(=O)[C@@H]1CNC(=O)C1)C(=O)Nc1ccc(C(C)(C)C)cc1. The van der Waals surface area contributed by atoms with E-state index in [2.05, 4.69) is 43.3 Å². The average Bonchev–Trinajstić information content (AvgIpc) is 3.18. The molecule has 0 radical (unpaired) electrons. The van der Waals surface area contributed by atoms with Gasteiger partial charge in [-0.15, -0.1) is 0 Å². The molecule has 172 valence electrons. The molecule has 2 rings (SSSR count). The Bertz CT molecular complexity index is 924. The molecule has 0 bridgehead atoms. The fourth-order valence-electron chi connectivity index (χ4n) is 3.21. The Labute approximate surface area is 190 Å². The van der Waals surface area contributed by atoms with Crippen molar-refractivity contribution in [2.75, 3.05) is 19.0 Å². The van der Waals surface area contributed by atoms with Crippen LogP contribution in [0.1, 0.15) is 39.7 Å². The third-order valence-electron chi connectivity index (χ3n) is 5.27. The zero-order chi connectivity index (χ0) is 23.9. The summed E-state index contributed by atoms with van der Waals surface area (Å²) in [5.41, 5.74) is 2.14. The molecule has 32 heavy (non-hydrogen) atoms. The molecule has 1 aliphatic rings. The first-order valence-electron chi connectivity index (χ1n) is 10.6. The average molecular weight is 440 g/mol. The summed E-state index contributed by atoms with van der Waals surface area (Å²) in [6.07, 6.45) is 5.17. The summed E-state index contributed by atoms with van der Waals surface area (Å²) in [5.74, 6) is -0.903. The molecule has 1 aromatic rings. The largest absolute Gasteiger partial charge is 0.497 e. The van der Waals surface area contributed by atoms with Gasteiger partial charge in [0.25, 0.3) is 5.91 Å². The van der Waals surface area contributed by atoms with Gasteiger partial charge >= 0.3 is 0 Å². The number of amides is 3. The molecule has 1 fully saturated rings. The smallest absolute Gasteiger partial charge is 0.251 e. The van der Waals surface area contributed by atoms with Crippen LogP contribution in [0.4, 0.5) is 5.69 Å². The van der Waals surface area contributed by atoms with E-state index in [-0.39, 0.29) is 30.2 Å². The first-order valence-corrected chi connectivity index (χ1v) is 10.6. The lowest BCUT2D eigenvalue weighted by molar-refractivity contribution is -0.129. The number of carbonyl (C=O) groups is 3. The molecule has 0 saturated carbocycles. The highest BCUT2D eigenvalue weighted by atomic mass is 16.5. The highest BCUT2D eigenvalue weighted by Gasteiger charge is 2.31. The van der Waals surface area contributed by atoms with E-state index in [0.29, 0.717) is 17.0 Å². The minimum absolute atomic E-state index is 0.00324. The highest BCUT2D eigenvalue weighted by molar-refractivity contribution is 6.00. The van der Waals surface area contributed by atoms with Gasteiger partial charge in [0.1, 0.15) is 11.8 Å². The van der Waals surface area contributed by atoms with Gasteiger partial charge in [-0.25, -0.2) is 0 Å². The third kappa shape index (κ3) is 6.83. The number of methoxy groups -OCH3 is 1. The van der Waals surface area contributed by atoms with Gasteiger partial charge in [0.05, 0.1) is 13.0 Å². The zero-order valence-electron chi connectivity index (χ0n) is 19.5. The van der Waals surface area contributed by atoms with Gasteiger partial charge in [0.15, 0.2) is 0 Å². The molecule has 1 aliphatic heterocycles. The van der Waals surface area contributed by atoms with Crippen molar-refractivity contribution in [3.63, 3.8) is 0 Å². The molecule has 2 atom stereocenters. The van der Waals surface area contributed by atoms with Crippen LogP contribution in [0.5, 0.6) is 0 Å². The van der Waals surface area contributed by atoms with Crippen LogP contribution >= 0.6 is 0 Å². The van der Waals surface area contributed by atoms with E-state index < -0.39 is 17.9 Å². The Morgan fingerprint density at radius 2 is 1.88 bits per heavy atom. The number of allylic oxidation sites excluding steroid dienone is 2. The zero-order valence-corrected chi connectivity index (χ0v) is 19.5. The third-order valence-corrected chi connectivity index (χ3v) is 5.27. The van der Waals surface area contributed by atoms with E-state index in [9.17, 15) is 14.4 Å². The number of nitrogens with one attached hydrogen (secondary N) is 3. The lowest BCUT2D eigenvalue weighted by Crippen LogP contribution is -2.47. The van der Waals surface area contributed by atoms with E-state index in [4.69, 9.17) is 4.74 Å². The minimum atomic E-state index is -1.01. The number of benzene rings is 1. The Morgan fingerprint density at radius 3 is 2.38 bits per heavy atom. The molecule has 0 unspecified atom stereocenters. The predicted octanol–water partition coefficient (Wildman–Crippen LogP) is 3.21. The summed E-state index contributed by atoms with van der Waals surface area (Å²) in [5, 5.41) is 8.22.